The lowest BCUT2D eigenvalue weighted by Gasteiger charge is -2.51. The van der Waals surface area contributed by atoms with Gasteiger partial charge in [-0.05, 0) is 162 Å². The van der Waals surface area contributed by atoms with Crippen LogP contribution in [-0.4, -0.2) is 211 Å². The second-order valence-corrected chi connectivity index (χ2v) is 37.6. The predicted molar refractivity (Wildman–Crippen MR) is 407 cm³/mol. The molecule has 30 heteroatoms. The highest BCUT2D eigenvalue weighted by atomic mass is 32.2. The SMILES string of the molecule is CS(=O)(=O)N1CC2CN([C@H]3CO[C@H](c4cc(F)ccc4F)[C@@H](N)C3)C2C1.CS(=O)(=O)NC1CC2CN([C@H]3CO[C@H](c4cc(F)ccc4F)[C@@H](N)C3)CC2C1.N[C@H]1C[C@@H](N2CC3=C(CC(C(=O)C4CC4)C3)C2)CO[C@@H]1c1cc(F)ccc1F.N[C@H]1C[C@@H](N2CC3=C(CC(C(=O)c4ccccc4)C3)C2)CO[C@@H]1c1cc(F)ccc1F. The van der Waals surface area contributed by atoms with Gasteiger partial charge in [-0.15, -0.1) is 0 Å². The van der Waals surface area contributed by atoms with Gasteiger partial charge in [0.15, 0.2) is 5.78 Å². The lowest BCUT2D eigenvalue weighted by atomic mass is 9.86. The molecule has 13 aliphatic rings. The summed E-state index contributed by atoms with van der Waals surface area (Å²) >= 11 is 0. The largest absolute Gasteiger partial charge is 0.370 e. The molecule has 9 heterocycles. The van der Waals surface area contributed by atoms with Gasteiger partial charge < -0.3 is 41.9 Å². The van der Waals surface area contributed by atoms with Crippen molar-refractivity contribution < 1.29 is 80.5 Å². The number of nitrogens with zero attached hydrogens (tertiary/aromatic N) is 5. The summed E-state index contributed by atoms with van der Waals surface area (Å²) in [5, 5.41) is 0. The molecule has 612 valence electrons. The second kappa shape index (κ2) is 34.0. The summed E-state index contributed by atoms with van der Waals surface area (Å²) in [6, 6.07) is 22.1. The minimum absolute atomic E-state index is 0.0253. The Morgan fingerprint density at radius 3 is 1.17 bits per heavy atom. The summed E-state index contributed by atoms with van der Waals surface area (Å²) in [7, 11) is -6.35. The first kappa shape index (κ1) is 81.8. The summed E-state index contributed by atoms with van der Waals surface area (Å²) in [5.41, 5.74) is 32.2. The van der Waals surface area contributed by atoms with E-state index in [4.69, 9.17) is 41.9 Å². The zero-order valence-electron chi connectivity index (χ0n) is 63.5. The zero-order valence-corrected chi connectivity index (χ0v) is 65.1. The molecule has 9 N–H and O–H groups in total. The molecule has 16 atom stereocenters. The molecular weight excluding hydrogens is 1510 g/mol. The van der Waals surface area contributed by atoms with Crippen LogP contribution in [-0.2, 0) is 43.8 Å². The summed E-state index contributed by atoms with van der Waals surface area (Å²) in [5.74, 6) is -1.40. The van der Waals surface area contributed by atoms with Gasteiger partial charge in [0.2, 0.25) is 20.0 Å². The molecular formula is C83H102F8N10O10S2. The standard InChI is InChI=1S/C25H26F2N2O2.C22H26F2N2O2.C19H27F2N3O3S.C17H23F2N3O3S/c26-19-6-7-22(27)21(10-19)25-23(28)11-20(14-31-25)29-12-17-8-16(9-18(17)13-29)24(30)15-4-2-1-3-5-15;23-16-3-4-19(24)18(7-16)22-20(25)8-17(11-28-22)26-9-14-5-13(6-15(14)10-26)21(27)12-1-2-12;1-28(25,26)23-14-4-11-8-24(9-12(11)5-14)15-7-18(22)19(27-10-15)16-6-13(20)2-3-17(16)21;1-26(23,24)21-6-10-7-22(16(10)8-21)12-5-15(20)17(25-9-12)13-4-11(18)2-3-14(13)19/h1-7,10,16,20,23,25H,8-9,11-14,28H2;3-4,7,12-13,17,20,22H,1-2,5-6,8-11,25H2;2-3,6,11-12,14-15,18-19,23H,4-5,7-10,22H2,1H3;2-4,10,12,15-17H,5-9,20H2,1H3/t20-,23+,25-;17-,20+,22-;11?,12?,14?,15-,18+,19-;10?,12-,15+,16?,17-/m1111/s1. The fourth-order valence-corrected chi connectivity index (χ4v) is 21.8. The molecule has 9 aliphatic heterocycles. The second-order valence-electron chi connectivity index (χ2n) is 33.9. The summed E-state index contributed by atoms with van der Waals surface area (Å²) in [6.45, 7) is 8.77. The first-order valence-corrected chi connectivity index (χ1v) is 43.4. The van der Waals surface area contributed by atoms with E-state index in [1.165, 1.54) is 51.2 Å². The minimum Gasteiger partial charge on any atom is -0.370 e. The molecule has 7 saturated heterocycles. The Bertz CT molecular complexity index is 4600. The molecule has 4 aliphatic carbocycles. The van der Waals surface area contributed by atoms with E-state index in [-0.39, 0.29) is 82.2 Å². The van der Waals surface area contributed by atoms with E-state index in [1.54, 1.807) is 0 Å². The number of sulfonamides is 2. The lowest BCUT2D eigenvalue weighted by molar-refractivity contribution is -0.123. The van der Waals surface area contributed by atoms with Crippen molar-refractivity contribution in [3.63, 3.8) is 0 Å². The monoisotopic (exact) mass is 1610 g/mol. The van der Waals surface area contributed by atoms with E-state index in [0.29, 0.717) is 94.7 Å². The number of likely N-dealkylation sites (tertiary alicyclic amines) is 4. The quantitative estimate of drug-likeness (QED) is 0.0371. The number of halogens is 8. The Labute approximate surface area is 655 Å². The average molecular weight is 1620 g/mol. The van der Waals surface area contributed by atoms with E-state index in [0.717, 1.165) is 163 Å². The third kappa shape index (κ3) is 18.5. The number of nitrogens with one attached hydrogen (secondary N) is 1. The van der Waals surface area contributed by atoms with E-state index in [1.807, 2.05) is 30.3 Å². The molecule has 0 amide bonds. The van der Waals surface area contributed by atoms with Gasteiger partial charge in [0.05, 0.1) is 38.9 Å². The van der Waals surface area contributed by atoms with Crippen LogP contribution in [0.15, 0.2) is 125 Å². The number of nitrogens with two attached hydrogens (primary N) is 4. The van der Waals surface area contributed by atoms with Gasteiger partial charge in [0.1, 0.15) is 76.7 Å². The van der Waals surface area contributed by atoms with E-state index >= 15 is 0 Å². The van der Waals surface area contributed by atoms with E-state index in [2.05, 4.69) is 24.3 Å². The Balaban J connectivity index is 0.000000119. The van der Waals surface area contributed by atoms with Gasteiger partial charge in [0.25, 0.3) is 0 Å². The molecule has 113 heavy (non-hydrogen) atoms. The third-order valence-electron chi connectivity index (χ3n) is 25.9. The van der Waals surface area contributed by atoms with Crippen LogP contribution in [0.5, 0.6) is 0 Å². The Kier molecular flexibility index (Phi) is 24.6. The molecule has 5 aromatic rings. The van der Waals surface area contributed by atoms with Gasteiger partial charge in [-0.25, -0.2) is 61.0 Å². The topological polar surface area (TPSA) is 272 Å². The molecule has 18 rings (SSSR count). The number of carbonyl (C=O) groups excluding carboxylic acids is 2. The highest BCUT2D eigenvalue weighted by Gasteiger charge is 2.53. The molecule has 20 nitrogen and oxygen atoms in total. The van der Waals surface area contributed by atoms with Crippen molar-refractivity contribution in [2.24, 2.45) is 58.4 Å². The van der Waals surface area contributed by atoms with Gasteiger partial charge in [-0.1, -0.05) is 52.6 Å². The first-order chi connectivity index (χ1) is 53.9. The third-order valence-corrected chi connectivity index (χ3v) is 27.9. The van der Waals surface area contributed by atoms with Crippen LogP contribution in [0.1, 0.15) is 134 Å². The number of rotatable bonds is 15. The van der Waals surface area contributed by atoms with Gasteiger partial charge in [-0.2, -0.15) is 0 Å². The first-order valence-electron chi connectivity index (χ1n) is 39.6. The lowest BCUT2D eigenvalue weighted by Crippen LogP contribution is -2.63. The van der Waals surface area contributed by atoms with Crippen molar-refractivity contribution in [3.05, 3.63) is 200 Å². The van der Waals surface area contributed by atoms with Crippen LogP contribution in [0.3, 0.4) is 0 Å². The molecule has 2 saturated carbocycles. The van der Waals surface area contributed by atoms with Crippen molar-refractivity contribution in [2.75, 3.05) is 97.8 Å². The molecule has 0 bridgehead atoms. The van der Waals surface area contributed by atoms with Crippen LogP contribution in [0.4, 0.5) is 35.1 Å². The minimum atomic E-state index is -3.18. The Hall–Kier alpha value is -6.30. The zero-order chi connectivity index (χ0) is 79.6. The number of fused-ring (bicyclic) bond motifs is 2. The number of Topliss-reactive ketones (excluding diaryl/α,β-unsaturated/α-hetero) is 2. The Morgan fingerprint density at radius 2 is 0.796 bits per heavy atom. The van der Waals surface area contributed by atoms with E-state index in [9.17, 15) is 61.5 Å². The number of benzene rings is 5. The maximum atomic E-state index is 14.2. The molecule has 9 fully saturated rings. The average Bonchev–Trinajstić information content (AvgIpc) is 1.62. The van der Waals surface area contributed by atoms with Crippen molar-refractivity contribution in [2.45, 2.75) is 162 Å². The van der Waals surface area contributed by atoms with Gasteiger partial charge in [0, 0.05) is 171 Å². The normalized spacial score (nSPS) is 32.5. The summed E-state index contributed by atoms with van der Waals surface area (Å²) < 4.78 is 185. The molecule has 0 aromatic heterocycles. The maximum absolute atomic E-state index is 14.2. The van der Waals surface area contributed by atoms with Crippen molar-refractivity contribution in [1.29, 1.82) is 0 Å². The highest BCUT2D eigenvalue weighted by Crippen LogP contribution is 2.47. The fourth-order valence-electron chi connectivity index (χ4n) is 20.1. The summed E-state index contributed by atoms with van der Waals surface area (Å²) in [6.07, 6.45) is 9.80. The number of ketones is 2. The molecule has 5 aromatic carbocycles. The maximum Gasteiger partial charge on any atom is 0.211 e. The molecule has 0 radical (unpaired) electrons. The fraction of sp³-hybridized carbons (Fsp3) is 0.566. The molecule has 0 spiro atoms. The van der Waals surface area contributed by atoms with Crippen LogP contribution < -0.4 is 27.7 Å². The van der Waals surface area contributed by atoms with Crippen LogP contribution in [0, 0.1) is 82.0 Å². The Morgan fingerprint density at radius 1 is 0.425 bits per heavy atom. The van der Waals surface area contributed by atoms with Crippen LogP contribution >= 0.6 is 0 Å². The summed E-state index contributed by atoms with van der Waals surface area (Å²) in [4.78, 5) is 34.5. The van der Waals surface area contributed by atoms with Crippen LogP contribution in [0.25, 0.3) is 0 Å². The van der Waals surface area contributed by atoms with Crippen molar-refractivity contribution in [1.82, 2.24) is 28.6 Å². The number of hydrogen-bond acceptors (Lipinski definition) is 18. The van der Waals surface area contributed by atoms with E-state index < -0.39 is 109 Å². The number of ether oxygens (including phenoxy) is 4. The number of hydrogen-bond donors (Lipinski definition) is 5. The van der Waals surface area contributed by atoms with Crippen LogP contribution in [0.2, 0.25) is 0 Å². The number of carbonyl (C=O) groups is 2. The van der Waals surface area contributed by atoms with Crippen molar-refractivity contribution in [3.8, 4) is 0 Å². The highest BCUT2D eigenvalue weighted by molar-refractivity contribution is 7.88. The predicted octanol–water partition coefficient (Wildman–Crippen LogP) is 9.23. The smallest absolute Gasteiger partial charge is 0.211 e. The van der Waals surface area contributed by atoms with Gasteiger partial charge in [-0.3, -0.25) is 29.2 Å². The molecule has 4 unspecified atom stereocenters. The van der Waals surface area contributed by atoms with Crippen molar-refractivity contribution >= 4 is 31.6 Å². The van der Waals surface area contributed by atoms with Gasteiger partial charge >= 0.3 is 0 Å².